The molecular weight excluding hydrogens is 254 g/mol. The van der Waals surface area contributed by atoms with Gasteiger partial charge >= 0.3 is 0 Å². The molecule has 0 radical (unpaired) electrons. The van der Waals surface area contributed by atoms with E-state index in [2.05, 4.69) is 4.90 Å². The lowest BCUT2D eigenvalue weighted by molar-refractivity contribution is -0.118. The van der Waals surface area contributed by atoms with E-state index in [1.54, 1.807) is 11.9 Å². The number of aliphatic hydroxyl groups excluding tert-OH is 1. The minimum Gasteiger partial charge on any atom is -0.395 e. The molecule has 3 N–H and O–H groups in total. The first-order chi connectivity index (χ1) is 9.63. The van der Waals surface area contributed by atoms with Gasteiger partial charge in [-0.15, -0.1) is 0 Å². The monoisotopic (exact) mass is 275 g/mol. The molecule has 1 atom stereocenters. The highest BCUT2D eigenvalue weighted by molar-refractivity contribution is 6.04. The van der Waals surface area contributed by atoms with Crippen molar-refractivity contribution >= 4 is 17.3 Å². The Hall–Kier alpha value is -1.59. The third-order valence-electron chi connectivity index (χ3n) is 4.50. The Morgan fingerprint density at radius 3 is 2.80 bits per heavy atom. The van der Waals surface area contributed by atoms with E-state index >= 15 is 0 Å². The van der Waals surface area contributed by atoms with Gasteiger partial charge in [0, 0.05) is 30.9 Å². The van der Waals surface area contributed by atoms with Gasteiger partial charge in [-0.2, -0.15) is 0 Å². The van der Waals surface area contributed by atoms with Crippen LogP contribution in [0.4, 0.5) is 11.4 Å². The molecule has 1 saturated carbocycles. The van der Waals surface area contributed by atoms with Gasteiger partial charge < -0.3 is 20.6 Å². The molecule has 108 valence electrons. The number of hydrogen-bond acceptors (Lipinski definition) is 4. The molecule has 0 aromatic heterocycles. The first kappa shape index (κ1) is 13.4. The van der Waals surface area contributed by atoms with Crippen LogP contribution in [0, 0.1) is 0 Å². The van der Waals surface area contributed by atoms with Gasteiger partial charge in [0.25, 0.3) is 0 Å². The fourth-order valence-corrected chi connectivity index (χ4v) is 3.05. The van der Waals surface area contributed by atoms with Gasteiger partial charge in [0.15, 0.2) is 0 Å². The van der Waals surface area contributed by atoms with Gasteiger partial charge in [0.1, 0.15) is 6.04 Å². The molecule has 5 nitrogen and oxygen atoms in total. The number of benzene rings is 1. The van der Waals surface area contributed by atoms with Crippen LogP contribution in [0.15, 0.2) is 18.2 Å². The van der Waals surface area contributed by atoms with Crippen LogP contribution >= 0.6 is 0 Å². The molecule has 1 amide bonds. The van der Waals surface area contributed by atoms with Crippen LogP contribution in [-0.4, -0.2) is 37.3 Å². The maximum absolute atomic E-state index is 11.9. The van der Waals surface area contributed by atoms with E-state index in [0.29, 0.717) is 12.6 Å². The van der Waals surface area contributed by atoms with Crippen molar-refractivity contribution in [3.05, 3.63) is 23.8 Å². The zero-order chi connectivity index (χ0) is 14.3. The average molecular weight is 275 g/mol. The fraction of sp³-hybridized carbons (Fsp3) is 0.533. The quantitative estimate of drug-likeness (QED) is 0.860. The standard InChI is InChI=1S/C15H21N3O2/c1-17-13-9-11(5-6-12(13)14(16)15(17)20)18(7-8-19)10-3-2-4-10/h5-6,9-10,14,19H,2-4,7-8,16H2,1H3. The van der Waals surface area contributed by atoms with Gasteiger partial charge in [-0.1, -0.05) is 6.07 Å². The minimum absolute atomic E-state index is 0.0606. The van der Waals surface area contributed by atoms with Crippen LogP contribution in [0.5, 0.6) is 0 Å². The van der Waals surface area contributed by atoms with Crippen LogP contribution < -0.4 is 15.5 Å². The molecule has 2 aliphatic rings. The number of rotatable bonds is 4. The molecule has 1 aromatic rings. The summed E-state index contributed by atoms with van der Waals surface area (Å²) in [6, 6.07) is 5.95. The lowest BCUT2D eigenvalue weighted by Gasteiger charge is -2.39. The molecule has 20 heavy (non-hydrogen) atoms. The average Bonchev–Trinajstić information content (AvgIpc) is 2.61. The normalized spacial score (nSPS) is 21.9. The van der Waals surface area contributed by atoms with E-state index in [1.165, 1.54) is 19.3 Å². The van der Waals surface area contributed by atoms with Gasteiger partial charge in [-0.05, 0) is 31.4 Å². The van der Waals surface area contributed by atoms with E-state index in [9.17, 15) is 9.90 Å². The Morgan fingerprint density at radius 2 is 2.20 bits per heavy atom. The van der Waals surface area contributed by atoms with E-state index in [4.69, 9.17) is 5.73 Å². The highest BCUT2D eigenvalue weighted by Gasteiger charge is 2.33. The van der Waals surface area contributed by atoms with Crippen LogP contribution in [0.25, 0.3) is 0 Å². The third kappa shape index (κ3) is 1.98. The van der Waals surface area contributed by atoms with Crippen LogP contribution in [-0.2, 0) is 4.79 Å². The Morgan fingerprint density at radius 1 is 1.45 bits per heavy atom. The molecule has 1 aliphatic heterocycles. The minimum atomic E-state index is -0.543. The first-order valence-electron chi connectivity index (χ1n) is 7.18. The summed E-state index contributed by atoms with van der Waals surface area (Å²) in [5.74, 6) is -0.0606. The number of hydrogen-bond donors (Lipinski definition) is 2. The number of anilines is 2. The van der Waals surface area contributed by atoms with Crippen molar-refractivity contribution in [3.63, 3.8) is 0 Å². The summed E-state index contributed by atoms with van der Waals surface area (Å²) in [7, 11) is 1.76. The van der Waals surface area contributed by atoms with Crippen molar-refractivity contribution in [2.45, 2.75) is 31.3 Å². The summed E-state index contributed by atoms with van der Waals surface area (Å²) in [4.78, 5) is 15.8. The van der Waals surface area contributed by atoms with E-state index in [-0.39, 0.29) is 12.5 Å². The van der Waals surface area contributed by atoms with Gasteiger partial charge in [-0.25, -0.2) is 0 Å². The maximum atomic E-state index is 11.9. The Labute approximate surface area is 119 Å². The molecule has 1 fully saturated rings. The summed E-state index contributed by atoms with van der Waals surface area (Å²) in [5.41, 5.74) is 8.76. The van der Waals surface area contributed by atoms with Crippen molar-refractivity contribution < 1.29 is 9.90 Å². The lowest BCUT2D eigenvalue weighted by Crippen LogP contribution is -2.42. The smallest absolute Gasteiger partial charge is 0.248 e. The van der Waals surface area contributed by atoms with Crippen LogP contribution in [0.3, 0.4) is 0 Å². The molecule has 1 aliphatic carbocycles. The Bertz CT molecular complexity index is 528. The predicted octanol–water partition coefficient (Wildman–Crippen LogP) is 1.01. The number of nitrogens with two attached hydrogens (primary N) is 1. The van der Waals surface area contributed by atoms with Crippen molar-refractivity contribution in [3.8, 4) is 0 Å². The SMILES string of the molecule is CN1C(=O)C(N)c2ccc(N(CCO)C3CCC3)cc21. The molecule has 0 spiro atoms. The molecule has 3 rings (SSSR count). The molecule has 0 saturated heterocycles. The van der Waals surface area contributed by atoms with E-state index < -0.39 is 6.04 Å². The first-order valence-corrected chi connectivity index (χ1v) is 7.18. The van der Waals surface area contributed by atoms with Crippen LogP contribution in [0.1, 0.15) is 30.9 Å². The van der Waals surface area contributed by atoms with Crippen LogP contribution in [0.2, 0.25) is 0 Å². The molecular formula is C15H21N3O2. The second-order valence-corrected chi connectivity index (χ2v) is 5.62. The Balaban J connectivity index is 1.93. The molecule has 0 bridgehead atoms. The van der Waals surface area contributed by atoms with Crippen molar-refractivity contribution in [1.29, 1.82) is 0 Å². The third-order valence-corrected chi connectivity index (χ3v) is 4.50. The summed E-state index contributed by atoms with van der Waals surface area (Å²) in [6.07, 6.45) is 3.59. The van der Waals surface area contributed by atoms with Gasteiger partial charge in [0.2, 0.25) is 5.91 Å². The van der Waals surface area contributed by atoms with E-state index in [0.717, 1.165) is 16.9 Å². The fourth-order valence-electron chi connectivity index (χ4n) is 3.05. The number of nitrogens with zero attached hydrogens (tertiary/aromatic N) is 2. The summed E-state index contributed by atoms with van der Waals surface area (Å²) in [6.45, 7) is 0.773. The zero-order valence-corrected chi connectivity index (χ0v) is 11.7. The van der Waals surface area contributed by atoms with Gasteiger partial charge in [0.05, 0.1) is 12.3 Å². The molecule has 5 heteroatoms. The second-order valence-electron chi connectivity index (χ2n) is 5.62. The number of carbonyl (C=O) groups excluding carboxylic acids is 1. The maximum Gasteiger partial charge on any atom is 0.248 e. The zero-order valence-electron chi connectivity index (χ0n) is 11.7. The number of amides is 1. The predicted molar refractivity (Wildman–Crippen MR) is 78.9 cm³/mol. The largest absolute Gasteiger partial charge is 0.395 e. The lowest BCUT2D eigenvalue weighted by atomic mass is 9.91. The summed E-state index contributed by atoms with van der Waals surface area (Å²) >= 11 is 0. The highest BCUT2D eigenvalue weighted by atomic mass is 16.3. The topological polar surface area (TPSA) is 69.8 Å². The molecule has 1 heterocycles. The van der Waals surface area contributed by atoms with Gasteiger partial charge in [-0.3, -0.25) is 4.79 Å². The summed E-state index contributed by atoms with van der Waals surface area (Å²) in [5, 5.41) is 9.27. The highest BCUT2D eigenvalue weighted by Crippen LogP contribution is 2.38. The number of carbonyl (C=O) groups is 1. The van der Waals surface area contributed by atoms with E-state index in [1.807, 2.05) is 18.2 Å². The number of likely N-dealkylation sites (N-methyl/N-ethyl adjacent to an activating group) is 1. The molecule has 1 aromatic carbocycles. The second kappa shape index (κ2) is 5.07. The summed E-state index contributed by atoms with van der Waals surface area (Å²) < 4.78 is 0. The number of fused-ring (bicyclic) bond motifs is 1. The molecule has 1 unspecified atom stereocenters. The van der Waals surface area contributed by atoms with Crippen molar-refractivity contribution in [1.82, 2.24) is 0 Å². The van der Waals surface area contributed by atoms with Crippen molar-refractivity contribution in [2.75, 3.05) is 30.0 Å². The Kier molecular flexibility index (Phi) is 3.40. The van der Waals surface area contributed by atoms with Crippen molar-refractivity contribution in [2.24, 2.45) is 5.73 Å². The number of aliphatic hydroxyl groups is 1.